The van der Waals surface area contributed by atoms with E-state index < -0.39 is 0 Å². The molecular formula is C17H19N3S. The minimum atomic E-state index is 0.458. The van der Waals surface area contributed by atoms with Crippen LogP contribution in [-0.4, -0.2) is 4.98 Å². The summed E-state index contributed by atoms with van der Waals surface area (Å²) in [6, 6.07) is 12.4. The second-order valence-corrected chi connectivity index (χ2v) is 6.74. The summed E-state index contributed by atoms with van der Waals surface area (Å²) in [5, 5.41) is 4.52. The Morgan fingerprint density at radius 2 is 1.90 bits per heavy atom. The number of fused-ring (bicyclic) bond motifs is 1. The fourth-order valence-electron chi connectivity index (χ4n) is 2.47. The lowest BCUT2D eigenvalue weighted by atomic mass is 10.0. The highest BCUT2D eigenvalue weighted by molar-refractivity contribution is 7.18. The number of aromatic nitrogens is 1. The van der Waals surface area contributed by atoms with Gasteiger partial charge in [0, 0.05) is 5.69 Å². The SMILES string of the molecule is Cc1nc2cc(Nc3ccccc3C(C)C)c(N)cc2s1. The van der Waals surface area contributed by atoms with Crippen molar-refractivity contribution < 1.29 is 0 Å². The summed E-state index contributed by atoms with van der Waals surface area (Å²) in [7, 11) is 0. The highest BCUT2D eigenvalue weighted by Gasteiger charge is 2.10. The van der Waals surface area contributed by atoms with Gasteiger partial charge >= 0.3 is 0 Å². The highest BCUT2D eigenvalue weighted by Crippen LogP contribution is 2.33. The van der Waals surface area contributed by atoms with Gasteiger partial charge in [0.2, 0.25) is 0 Å². The molecule has 0 fully saturated rings. The van der Waals surface area contributed by atoms with E-state index in [1.54, 1.807) is 11.3 Å². The summed E-state index contributed by atoms with van der Waals surface area (Å²) >= 11 is 1.67. The van der Waals surface area contributed by atoms with Gasteiger partial charge in [-0.1, -0.05) is 32.0 Å². The van der Waals surface area contributed by atoms with Crippen LogP contribution in [0.3, 0.4) is 0 Å². The van der Waals surface area contributed by atoms with Gasteiger partial charge in [0.15, 0.2) is 0 Å². The third kappa shape index (κ3) is 2.72. The van der Waals surface area contributed by atoms with Gasteiger partial charge in [0.25, 0.3) is 0 Å². The first-order chi connectivity index (χ1) is 10.0. The van der Waals surface area contributed by atoms with Crippen molar-refractivity contribution in [3.63, 3.8) is 0 Å². The van der Waals surface area contributed by atoms with Crippen molar-refractivity contribution in [1.29, 1.82) is 0 Å². The fraction of sp³-hybridized carbons (Fsp3) is 0.235. The number of thiazole rings is 1. The second-order valence-electron chi connectivity index (χ2n) is 5.51. The predicted molar refractivity (Wildman–Crippen MR) is 92.6 cm³/mol. The van der Waals surface area contributed by atoms with Crippen molar-refractivity contribution in [2.75, 3.05) is 11.1 Å². The van der Waals surface area contributed by atoms with Crippen LogP contribution in [0.25, 0.3) is 10.2 Å². The molecule has 0 saturated carbocycles. The molecule has 2 aromatic carbocycles. The molecule has 0 atom stereocenters. The largest absolute Gasteiger partial charge is 0.397 e. The number of hydrogen-bond acceptors (Lipinski definition) is 4. The summed E-state index contributed by atoms with van der Waals surface area (Å²) in [5.74, 6) is 0.458. The van der Waals surface area contributed by atoms with Gasteiger partial charge < -0.3 is 11.1 Å². The lowest BCUT2D eigenvalue weighted by Gasteiger charge is -2.15. The van der Waals surface area contributed by atoms with Crippen LogP contribution in [0.2, 0.25) is 0 Å². The molecule has 1 heterocycles. The van der Waals surface area contributed by atoms with Crippen molar-refractivity contribution in [3.05, 3.63) is 47.0 Å². The van der Waals surface area contributed by atoms with Crippen molar-refractivity contribution >= 4 is 38.6 Å². The lowest BCUT2D eigenvalue weighted by molar-refractivity contribution is 0.869. The van der Waals surface area contributed by atoms with Gasteiger partial charge in [0.1, 0.15) is 0 Å². The van der Waals surface area contributed by atoms with Gasteiger partial charge in [0.05, 0.1) is 26.6 Å². The van der Waals surface area contributed by atoms with E-state index in [1.807, 2.05) is 25.1 Å². The first kappa shape index (κ1) is 13.9. The van der Waals surface area contributed by atoms with Gasteiger partial charge in [-0.15, -0.1) is 11.3 Å². The maximum atomic E-state index is 6.19. The number of nitrogens with two attached hydrogens (primary N) is 1. The van der Waals surface area contributed by atoms with Gasteiger partial charge in [-0.2, -0.15) is 0 Å². The van der Waals surface area contributed by atoms with Crippen LogP contribution in [0.1, 0.15) is 30.3 Å². The Morgan fingerprint density at radius 1 is 1.14 bits per heavy atom. The Labute approximate surface area is 128 Å². The van der Waals surface area contributed by atoms with Crippen LogP contribution in [0, 0.1) is 6.92 Å². The average molecular weight is 297 g/mol. The smallest absolute Gasteiger partial charge is 0.0907 e. The topological polar surface area (TPSA) is 50.9 Å². The van der Waals surface area contributed by atoms with Crippen molar-refractivity contribution in [2.24, 2.45) is 0 Å². The van der Waals surface area contributed by atoms with Crippen molar-refractivity contribution in [2.45, 2.75) is 26.7 Å². The Bertz CT molecular complexity index is 790. The zero-order valence-corrected chi connectivity index (χ0v) is 13.3. The number of para-hydroxylation sites is 1. The summed E-state index contributed by atoms with van der Waals surface area (Å²) < 4.78 is 1.13. The molecule has 3 aromatic rings. The summed E-state index contributed by atoms with van der Waals surface area (Å²) in [4.78, 5) is 4.54. The van der Waals surface area contributed by atoms with Crippen LogP contribution in [0.5, 0.6) is 0 Å². The molecule has 3 nitrogen and oxygen atoms in total. The van der Waals surface area contributed by atoms with Gasteiger partial charge in [-0.25, -0.2) is 4.98 Å². The number of aryl methyl sites for hydroxylation is 1. The molecule has 0 radical (unpaired) electrons. The van der Waals surface area contributed by atoms with Gasteiger partial charge in [-0.3, -0.25) is 0 Å². The van der Waals surface area contributed by atoms with E-state index >= 15 is 0 Å². The molecule has 0 spiro atoms. The number of nitrogens with zero attached hydrogens (tertiary/aromatic N) is 1. The van der Waals surface area contributed by atoms with Crippen LogP contribution in [0.15, 0.2) is 36.4 Å². The zero-order valence-electron chi connectivity index (χ0n) is 12.5. The molecule has 4 heteroatoms. The first-order valence-electron chi connectivity index (χ1n) is 7.07. The Hall–Kier alpha value is -2.07. The molecule has 0 saturated heterocycles. The third-order valence-corrected chi connectivity index (χ3v) is 4.45. The number of nitrogens with one attached hydrogen (secondary N) is 1. The van der Waals surface area contributed by atoms with Gasteiger partial charge in [-0.05, 0) is 36.6 Å². The van der Waals surface area contributed by atoms with E-state index in [1.165, 1.54) is 5.56 Å². The molecule has 21 heavy (non-hydrogen) atoms. The minimum Gasteiger partial charge on any atom is -0.397 e. The van der Waals surface area contributed by atoms with E-state index in [0.717, 1.165) is 32.3 Å². The quantitative estimate of drug-likeness (QED) is 0.665. The standard InChI is InChI=1S/C17H19N3S/c1-10(2)12-6-4-5-7-14(12)20-15-9-16-17(8-13(15)18)21-11(3)19-16/h4-10,20H,18H2,1-3H3. The number of rotatable bonds is 3. The lowest BCUT2D eigenvalue weighted by Crippen LogP contribution is -2.00. The molecule has 0 aliphatic rings. The Morgan fingerprint density at radius 3 is 2.67 bits per heavy atom. The molecule has 0 aliphatic carbocycles. The maximum absolute atomic E-state index is 6.19. The highest BCUT2D eigenvalue weighted by atomic mass is 32.1. The summed E-state index contributed by atoms with van der Waals surface area (Å²) in [6.45, 7) is 6.40. The number of anilines is 3. The van der Waals surface area contributed by atoms with Crippen LogP contribution < -0.4 is 11.1 Å². The van der Waals surface area contributed by atoms with E-state index in [4.69, 9.17) is 5.73 Å². The number of benzene rings is 2. The fourth-order valence-corrected chi connectivity index (χ4v) is 3.33. The number of hydrogen-bond donors (Lipinski definition) is 2. The zero-order chi connectivity index (χ0) is 15.0. The van der Waals surface area contributed by atoms with Crippen LogP contribution in [0.4, 0.5) is 17.1 Å². The third-order valence-electron chi connectivity index (χ3n) is 3.52. The molecular weight excluding hydrogens is 278 g/mol. The monoisotopic (exact) mass is 297 g/mol. The van der Waals surface area contributed by atoms with Crippen LogP contribution >= 0.6 is 11.3 Å². The van der Waals surface area contributed by atoms with E-state index in [-0.39, 0.29) is 0 Å². The molecule has 0 aliphatic heterocycles. The summed E-state index contributed by atoms with van der Waals surface area (Å²) in [5.41, 5.74) is 11.2. The van der Waals surface area contributed by atoms with E-state index in [0.29, 0.717) is 5.92 Å². The number of nitrogen functional groups attached to an aromatic ring is 1. The Kier molecular flexibility index (Phi) is 3.55. The molecule has 3 N–H and O–H groups in total. The van der Waals surface area contributed by atoms with Crippen molar-refractivity contribution in [3.8, 4) is 0 Å². The molecule has 1 aromatic heterocycles. The predicted octanol–water partition coefficient (Wildman–Crippen LogP) is 5.05. The molecule has 3 rings (SSSR count). The molecule has 0 bridgehead atoms. The van der Waals surface area contributed by atoms with Crippen molar-refractivity contribution in [1.82, 2.24) is 4.98 Å². The van der Waals surface area contributed by atoms with Crippen LogP contribution in [-0.2, 0) is 0 Å². The molecule has 108 valence electrons. The molecule has 0 unspecified atom stereocenters. The second kappa shape index (κ2) is 5.37. The first-order valence-corrected chi connectivity index (χ1v) is 7.89. The Balaban J connectivity index is 2.03. The maximum Gasteiger partial charge on any atom is 0.0907 e. The average Bonchev–Trinajstić information content (AvgIpc) is 2.78. The van der Waals surface area contributed by atoms with E-state index in [2.05, 4.69) is 42.3 Å². The normalized spacial score (nSPS) is 11.2. The molecule has 0 amide bonds. The van der Waals surface area contributed by atoms with E-state index in [9.17, 15) is 0 Å². The summed E-state index contributed by atoms with van der Waals surface area (Å²) in [6.07, 6.45) is 0. The minimum absolute atomic E-state index is 0.458.